The van der Waals surface area contributed by atoms with E-state index in [-0.39, 0.29) is 30.9 Å². The molecule has 0 aliphatic heterocycles. The van der Waals surface area contributed by atoms with Crippen LogP contribution in [0.5, 0.6) is 5.75 Å². The van der Waals surface area contributed by atoms with E-state index in [1.54, 1.807) is 38.3 Å². The van der Waals surface area contributed by atoms with Crippen molar-refractivity contribution in [1.29, 1.82) is 0 Å². The molecule has 0 bridgehead atoms. The van der Waals surface area contributed by atoms with Crippen molar-refractivity contribution >= 4 is 18.3 Å². The first-order chi connectivity index (χ1) is 11.5. The van der Waals surface area contributed by atoms with Gasteiger partial charge in [0, 0.05) is 12.6 Å². The van der Waals surface area contributed by atoms with Crippen molar-refractivity contribution in [2.45, 2.75) is 19.1 Å². The lowest BCUT2D eigenvalue weighted by Gasteiger charge is -2.21. The number of aliphatic hydroxyl groups is 1. The maximum absolute atomic E-state index is 12.3. The summed E-state index contributed by atoms with van der Waals surface area (Å²) in [6.45, 7) is 1.92. The van der Waals surface area contributed by atoms with Crippen LogP contribution in [-0.4, -0.2) is 24.7 Å². The van der Waals surface area contributed by atoms with Crippen LogP contribution in [0.15, 0.2) is 54.6 Å². The summed E-state index contributed by atoms with van der Waals surface area (Å²) in [6.07, 6.45) is -0.778. The van der Waals surface area contributed by atoms with E-state index >= 15 is 0 Å². The van der Waals surface area contributed by atoms with Gasteiger partial charge in [0.25, 0.3) is 0 Å². The Kier molecular flexibility index (Phi) is 8.41. The number of aliphatic hydroxyl groups excluding tert-OH is 1. The molecule has 0 aliphatic rings. The fourth-order valence-corrected chi connectivity index (χ4v) is 2.43. The Hall–Kier alpha value is -2.08. The summed E-state index contributed by atoms with van der Waals surface area (Å²) in [5, 5.41) is 12.9. The summed E-state index contributed by atoms with van der Waals surface area (Å²) in [4.78, 5) is 12.3. The van der Waals surface area contributed by atoms with Gasteiger partial charge in [-0.25, -0.2) is 0 Å². The number of rotatable bonds is 7. The molecule has 5 nitrogen and oxygen atoms in total. The summed E-state index contributed by atoms with van der Waals surface area (Å²) in [5.74, 6) is 0.145. The standard InChI is InChI=1S/C19H24N2O3.ClH/c1-13(18(20)15-6-4-3-5-7-15)19(23)21-12-17(22)14-8-10-16(24-2)11-9-14;/h3-11,13,17-18,22H,12,20H2,1-2H3,(H,21,23);1H. The van der Waals surface area contributed by atoms with Crippen molar-refractivity contribution in [1.82, 2.24) is 5.32 Å². The third-order valence-corrected chi connectivity index (χ3v) is 4.11. The van der Waals surface area contributed by atoms with Crippen molar-refractivity contribution in [3.63, 3.8) is 0 Å². The molecule has 1 amide bonds. The first-order valence-corrected chi connectivity index (χ1v) is 7.93. The fraction of sp³-hybridized carbons (Fsp3) is 0.316. The van der Waals surface area contributed by atoms with Gasteiger partial charge in [-0.3, -0.25) is 4.79 Å². The van der Waals surface area contributed by atoms with E-state index in [1.165, 1.54) is 0 Å². The zero-order valence-corrected chi connectivity index (χ0v) is 15.2. The Labute approximate surface area is 154 Å². The lowest BCUT2D eigenvalue weighted by atomic mass is 9.94. The van der Waals surface area contributed by atoms with Crippen LogP contribution >= 0.6 is 12.4 Å². The predicted octanol–water partition coefficient (Wildman–Crippen LogP) is 2.60. The molecular formula is C19H25ClN2O3. The third-order valence-electron chi connectivity index (χ3n) is 4.11. The second kappa shape index (κ2) is 10.0. The van der Waals surface area contributed by atoms with Crippen molar-refractivity contribution in [3.8, 4) is 5.75 Å². The minimum Gasteiger partial charge on any atom is -0.497 e. The van der Waals surface area contributed by atoms with Gasteiger partial charge in [-0.05, 0) is 23.3 Å². The van der Waals surface area contributed by atoms with Gasteiger partial charge in [0.2, 0.25) is 5.91 Å². The second-order valence-electron chi connectivity index (χ2n) is 5.76. The molecule has 2 rings (SSSR count). The molecule has 4 N–H and O–H groups in total. The average molecular weight is 365 g/mol. The summed E-state index contributed by atoms with van der Waals surface area (Å²) in [6, 6.07) is 16.2. The van der Waals surface area contributed by atoms with Gasteiger partial charge in [-0.1, -0.05) is 49.4 Å². The van der Waals surface area contributed by atoms with Crippen molar-refractivity contribution < 1.29 is 14.6 Å². The molecule has 3 unspecified atom stereocenters. The molecule has 0 fully saturated rings. The number of hydrogen-bond donors (Lipinski definition) is 3. The largest absolute Gasteiger partial charge is 0.497 e. The van der Waals surface area contributed by atoms with E-state index in [2.05, 4.69) is 5.32 Å². The van der Waals surface area contributed by atoms with Gasteiger partial charge in [-0.2, -0.15) is 0 Å². The highest BCUT2D eigenvalue weighted by atomic mass is 35.5. The maximum Gasteiger partial charge on any atom is 0.224 e. The molecule has 0 aromatic heterocycles. The van der Waals surface area contributed by atoms with E-state index in [0.717, 1.165) is 16.9 Å². The Morgan fingerprint density at radius 3 is 2.28 bits per heavy atom. The molecule has 0 spiro atoms. The van der Waals surface area contributed by atoms with Crippen molar-refractivity contribution in [3.05, 3.63) is 65.7 Å². The van der Waals surface area contributed by atoms with Gasteiger partial charge in [-0.15, -0.1) is 12.4 Å². The van der Waals surface area contributed by atoms with Crippen LogP contribution < -0.4 is 15.8 Å². The molecule has 3 atom stereocenters. The zero-order valence-electron chi connectivity index (χ0n) is 14.4. The zero-order chi connectivity index (χ0) is 17.5. The molecule has 2 aromatic rings. The predicted molar refractivity (Wildman–Crippen MR) is 101 cm³/mol. The molecule has 25 heavy (non-hydrogen) atoms. The topological polar surface area (TPSA) is 84.6 Å². The second-order valence-corrected chi connectivity index (χ2v) is 5.76. The number of carbonyl (C=O) groups is 1. The van der Waals surface area contributed by atoms with Crippen LogP contribution in [0.3, 0.4) is 0 Å². The molecule has 2 aromatic carbocycles. The molecule has 0 saturated carbocycles. The number of ether oxygens (including phenoxy) is 1. The van der Waals surface area contributed by atoms with Gasteiger partial charge in [0.15, 0.2) is 0 Å². The first kappa shape index (κ1) is 21.0. The van der Waals surface area contributed by atoms with Gasteiger partial charge >= 0.3 is 0 Å². The highest BCUT2D eigenvalue weighted by Gasteiger charge is 2.22. The van der Waals surface area contributed by atoms with Crippen LogP contribution in [-0.2, 0) is 4.79 Å². The number of benzene rings is 2. The van der Waals surface area contributed by atoms with Crippen LogP contribution in [0.2, 0.25) is 0 Å². The van der Waals surface area contributed by atoms with Gasteiger partial charge in [0.1, 0.15) is 5.75 Å². The Balaban J connectivity index is 0.00000312. The number of methoxy groups -OCH3 is 1. The van der Waals surface area contributed by atoms with Crippen molar-refractivity contribution in [2.75, 3.05) is 13.7 Å². The van der Waals surface area contributed by atoms with Crippen molar-refractivity contribution in [2.24, 2.45) is 11.7 Å². The number of halogens is 1. The van der Waals surface area contributed by atoms with E-state index in [9.17, 15) is 9.90 Å². The van der Waals surface area contributed by atoms with E-state index in [0.29, 0.717) is 0 Å². The van der Waals surface area contributed by atoms with E-state index in [1.807, 2.05) is 30.3 Å². The molecule has 0 saturated heterocycles. The maximum atomic E-state index is 12.3. The van der Waals surface area contributed by atoms with Gasteiger partial charge < -0.3 is 20.9 Å². The average Bonchev–Trinajstić information content (AvgIpc) is 2.65. The highest BCUT2D eigenvalue weighted by molar-refractivity contribution is 5.85. The third kappa shape index (κ3) is 5.74. The smallest absolute Gasteiger partial charge is 0.224 e. The Bertz CT molecular complexity index is 649. The number of amides is 1. The Morgan fingerprint density at radius 2 is 1.72 bits per heavy atom. The van der Waals surface area contributed by atoms with Crippen LogP contribution in [0.4, 0.5) is 0 Å². The highest BCUT2D eigenvalue weighted by Crippen LogP contribution is 2.20. The monoisotopic (exact) mass is 364 g/mol. The van der Waals surface area contributed by atoms with E-state index in [4.69, 9.17) is 10.5 Å². The summed E-state index contributed by atoms with van der Waals surface area (Å²) < 4.78 is 5.08. The number of nitrogens with two attached hydrogens (primary N) is 1. The summed E-state index contributed by atoms with van der Waals surface area (Å²) >= 11 is 0. The minimum absolute atomic E-state index is 0. The number of carbonyl (C=O) groups excluding carboxylic acids is 1. The molecule has 0 aliphatic carbocycles. The normalized spacial score (nSPS) is 13.9. The van der Waals surface area contributed by atoms with E-state index < -0.39 is 12.0 Å². The molecule has 0 radical (unpaired) electrons. The lowest BCUT2D eigenvalue weighted by Crippen LogP contribution is -2.37. The van der Waals surface area contributed by atoms with Gasteiger partial charge in [0.05, 0.1) is 19.1 Å². The lowest BCUT2D eigenvalue weighted by molar-refractivity contribution is -0.125. The SMILES string of the molecule is COc1ccc(C(O)CNC(=O)C(C)C(N)c2ccccc2)cc1.Cl. The minimum atomic E-state index is -0.778. The summed E-state index contributed by atoms with van der Waals surface area (Å²) in [5.41, 5.74) is 7.78. The Morgan fingerprint density at radius 1 is 1.12 bits per heavy atom. The van der Waals surface area contributed by atoms with Crippen LogP contribution in [0, 0.1) is 5.92 Å². The quantitative estimate of drug-likeness (QED) is 0.705. The molecule has 136 valence electrons. The summed E-state index contributed by atoms with van der Waals surface area (Å²) in [7, 11) is 1.59. The first-order valence-electron chi connectivity index (χ1n) is 7.93. The number of nitrogens with one attached hydrogen (secondary N) is 1. The molecule has 6 heteroatoms. The number of hydrogen-bond acceptors (Lipinski definition) is 4. The van der Waals surface area contributed by atoms with Crippen LogP contribution in [0.25, 0.3) is 0 Å². The molecular weight excluding hydrogens is 340 g/mol. The van der Waals surface area contributed by atoms with Crippen LogP contribution in [0.1, 0.15) is 30.2 Å². The molecule has 0 heterocycles. The fourth-order valence-electron chi connectivity index (χ4n) is 2.43.